The van der Waals surface area contributed by atoms with Crippen LogP contribution >= 0.6 is 23.4 Å². The number of rotatable bonds is 21. The summed E-state index contributed by atoms with van der Waals surface area (Å²) in [5.74, 6) is -2.12. The lowest BCUT2D eigenvalue weighted by Gasteiger charge is -2.22. The lowest BCUT2D eigenvalue weighted by atomic mass is 10.0. The number of esters is 1. The van der Waals surface area contributed by atoms with E-state index in [2.05, 4.69) is 21.0 Å². The number of halogens is 1. The number of carbonyl (C=O) groups excluding carboxylic acids is 5. The second kappa shape index (κ2) is 22.7. The van der Waals surface area contributed by atoms with E-state index in [0.717, 1.165) is 17.5 Å². The fourth-order valence-corrected chi connectivity index (χ4v) is 5.78. The summed E-state index contributed by atoms with van der Waals surface area (Å²) in [7, 11) is 3.31. The van der Waals surface area contributed by atoms with E-state index in [1.807, 2.05) is 46.0 Å². The maximum absolute atomic E-state index is 13.5. The highest BCUT2D eigenvalue weighted by molar-refractivity contribution is 8.13. The third-order valence-electron chi connectivity index (χ3n) is 7.88. The van der Waals surface area contributed by atoms with Gasteiger partial charge in [-0.1, -0.05) is 69.3 Å². The summed E-state index contributed by atoms with van der Waals surface area (Å²) >= 11 is 7.29. The number of methoxy groups -OCH3 is 1. The number of nitrogens with one attached hydrogen (secondary N) is 3. The minimum Gasteiger partial charge on any atom is -0.495 e. The molecular weight excluding hydrogens is 710 g/mol. The molecule has 1 heterocycles. The summed E-state index contributed by atoms with van der Waals surface area (Å²) < 4.78 is 12.5. The van der Waals surface area contributed by atoms with Crippen LogP contribution in [0.25, 0.3) is 6.08 Å². The molecule has 0 spiro atoms. The van der Waals surface area contributed by atoms with Crippen LogP contribution in [-0.2, 0) is 42.2 Å². The van der Waals surface area contributed by atoms with Gasteiger partial charge in [0.05, 0.1) is 29.8 Å². The Bertz CT molecular complexity index is 1560. The van der Waals surface area contributed by atoms with Crippen LogP contribution in [0, 0.1) is 17.8 Å². The lowest BCUT2D eigenvalue weighted by Crippen LogP contribution is -2.49. The van der Waals surface area contributed by atoms with Crippen LogP contribution in [0.5, 0.6) is 5.75 Å². The monoisotopic (exact) mass is 761 g/mol. The molecule has 0 fully saturated rings. The van der Waals surface area contributed by atoms with E-state index in [4.69, 9.17) is 21.1 Å². The highest BCUT2D eigenvalue weighted by atomic mass is 35.5. The minimum absolute atomic E-state index is 0.0679. The van der Waals surface area contributed by atoms with Crippen molar-refractivity contribution in [3.8, 4) is 5.75 Å². The number of hydrogen-bond acceptors (Lipinski definition) is 10. The molecule has 1 aromatic carbocycles. The SMILES string of the molecule is COc1ccc(C[C@@H](NC(=O)/C=C/C[C@H](O)[C@H](C)/C=C/c2ccnn2C)C(=O)NC[C@@H](C)C(=O)O[C@@H](CC(C)C)C(=O)SCCNC(C)=O)cc1Cl. The lowest BCUT2D eigenvalue weighted by molar-refractivity contribution is -0.157. The van der Waals surface area contributed by atoms with Gasteiger partial charge in [0, 0.05) is 51.3 Å². The van der Waals surface area contributed by atoms with Crippen LogP contribution in [0.3, 0.4) is 0 Å². The number of carbonyl (C=O) groups is 5. The van der Waals surface area contributed by atoms with Gasteiger partial charge in [0.15, 0.2) is 6.10 Å². The first kappa shape index (κ1) is 44.0. The molecule has 0 bridgehead atoms. The second-order valence-electron chi connectivity index (χ2n) is 12.9. The van der Waals surface area contributed by atoms with Gasteiger partial charge in [0.2, 0.25) is 22.8 Å². The molecule has 1 aromatic heterocycles. The summed E-state index contributed by atoms with van der Waals surface area (Å²) in [5.41, 5.74) is 1.54. The van der Waals surface area contributed by atoms with Crippen LogP contribution < -0.4 is 20.7 Å². The van der Waals surface area contributed by atoms with Gasteiger partial charge < -0.3 is 30.5 Å². The Morgan fingerprint density at radius 3 is 2.44 bits per heavy atom. The van der Waals surface area contributed by atoms with Crippen molar-refractivity contribution in [1.82, 2.24) is 25.7 Å². The van der Waals surface area contributed by atoms with E-state index in [9.17, 15) is 29.1 Å². The number of ether oxygens (including phenoxy) is 2. The third-order valence-corrected chi connectivity index (χ3v) is 9.14. The largest absolute Gasteiger partial charge is 0.495 e. The van der Waals surface area contributed by atoms with E-state index in [-0.39, 0.29) is 42.2 Å². The number of aliphatic hydroxyl groups excluding tert-OH is 1. The Kier molecular flexibility index (Phi) is 19.2. The van der Waals surface area contributed by atoms with Crippen molar-refractivity contribution >= 4 is 58.2 Å². The number of nitrogens with zero attached hydrogens (tertiary/aromatic N) is 2. The van der Waals surface area contributed by atoms with Crippen molar-refractivity contribution in [3.63, 3.8) is 0 Å². The number of aromatic nitrogens is 2. The number of thioether (sulfide) groups is 1. The van der Waals surface area contributed by atoms with E-state index in [1.165, 1.54) is 20.1 Å². The summed E-state index contributed by atoms with van der Waals surface area (Å²) in [4.78, 5) is 63.4. The average Bonchev–Trinajstić information content (AvgIpc) is 3.50. The summed E-state index contributed by atoms with van der Waals surface area (Å²) in [6, 6.07) is 5.82. The van der Waals surface area contributed by atoms with Crippen LogP contribution in [0.2, 0.25) is 5.02 Å². The molecule has 0 aliphatic heterocycles. The van der Waals surface area contributed by atoms with Crippen molar-refractivity contribution in [2.45, 2.75) is 72.1 Å². The first-order chi connectivity index (χ1) is 24.6. The molecule has 3 amide bonds. The number of benzene rings is 1. The molecule has 0 aliphatic rings. The van der Waals surface area contributed by atoms with E-state index in [0.29, 0.717) is 35.1 Å². The number of aryl methyl sites for hydroxylation is 1. The Morgan fingerprint density at radius 2 is 1.83 bits per heavy atom. The molecule has 0 aliphatic carbocycles. The first-order valence-electron chi connectivity index (χ1n) is 17.1. The molecule has 2 rings (SSSR count). The molecule has 0 unspecified atom stereocenters. The zero-order valence-electron chi connectivity index (χ0n) is 30.9. The Hall–Kier alpha value is -4.14. The highest BCUT2D eigenvalue weighted by Gasteiger charge is 2.28. The molecular formula is C37H52ClN5O8S. The molecule has 0 saturated carbocycles. The maximum atomic E-state index is 13.5. The molecule has 13 nitrogen and oxygen atoms in total. The van der Waals surface area contributed by atoms with E-state index in [1.54, 1.807) is 42.1 Å². The predicted molar refractivity (Wildman–Crippen MR) is 202 cm³/mol. The topological polar surface area (TPSA) is 178 Å². The maximum Gasteiger partial charge on any atom is 0.311 e. The highest BCUT2D eigenvalue weighted by Crippen LogP contribution is 2.25. The zero-order chi connectivity index (χ0) is 38.8. The van der Waals surface area contributed by atoms with Crippen LogP contribution in [0.15, 0.2) is 48.7 Å². The normalized spacial score (nSPS) is 14.4. The fraction of sp³-hybridized carbons (Fsp3) is 0.514. The standard InChI is InChI=1S/C37H52ClN5O8S/c1-23(2)19-33(37(49)52-18-17-39-26(5)44)51-36(48)25(4)22-40-35(47)30(21-27-12-14-32(50-7)29(38)20-27)42-34(46)10-8-9-31(45)24(3)11-13-28-15-16-41-43(28)6/h8,10-16,20,23-25,30-31,33,45H,9,17-19,21-22H2,1-7H3,(H,39,44)(H,40,47)(H,42,46)/b10-8+,13-11+/t24-,25-,30-,31+,33+/m1/s1. The molecule has 2 aromatic rings. The van der Waals surface area contributed by atoms with Gasteiger partial charge in [-0.15, -0.1) is 0 Å². The number of aliphatic hydroxyl groups is 1. The summed E-state index contributed by atoms with van der Waals surface area (Å²) in [5, 5.41) is 22.8. The van der Waals surface area contributed by atoms with Gasteiger partial charge in [-0.25, -0.2) is 0 Å². The first-order valence-corrected chi connectivity index (χ1v) is 18.5. The summed E-state index contributed by atoms with van der Waals surface area (Å²) in [6.45, 7) is 8.83. The van der Waals surface area contributed by atoms with E-state index < -0.39 is 42.0 Å². The molecule has 286 valence electrons. The summed E-state index contributed by atoms with van der Waals surface area (Å²) in [6.07, 6.45) is 7.08. The van der Waals surface area contributed by atoms with Crippen molar-refractivity contribution in [2.75, 3.05) is 26.0 Å². The van der Waals surface area contributed by atoms with E-state index >= 15 is 0 Å². The predicted octanol–water partition coefficient (Wildman–Crippen LogP) is 3.87. The van der Waals surface area contributed by atoms with Crippen molar-refractivity contribution < 1.29 is 38.6 Å². The molecule has 0 saturated heterocycles. The quantitative estimate of drug-likeness (QED) is 0.0830. The minimum atomic E-state index is -1.05. The zero-order valence-corrected chi connectivity index (χ0v) is 32.5. The molecule has 5 atom stereocenters. The smallest absolute Gasteiger partial charge is 0.311 e. The Balaban J connectivity index is 2.06. The molecule has 0 radical (unpaired) electrons. The van der Waals surface area contributed by atoms with Gasteiger partial charge in [-0.05, 0) is 54.7 Å². The van der Waals surface area contributed by atoms with Gasteiger partial charge in [-0.3, -0.25) is 28.7 Å². The number of hydrogen-bond donors (Lipinski definition) is 4. The molecule has 4 N–H and O–H groups in total. The van der Waals surface area contributed by atoms with Crippen molar-refractivity contribution in [3.05, 3.63) is 65.0 Å². The molecule has 52 heavy (non-hydrogen) atoms. The van der Waals surface area contributed by atoms with Gasteiger partial charge >= 0.3 is 5.97 Å². The van der Waals surface area contributed by atoms with Gasteiger partial charge in [0.25, 0.3) is 0 Å². The van der Waals surface area contributed by atoms with Gasteiger partial charge in [0.1, 0.15) is 11.8 Å². The Labute approximate surface area is 315 Å². The van der Waals surface area contributed by atoms with Crippen molar-refractivity contribution in [2.24, 2.45) is 24.8 Å². The van der Waals surface area contributed by atoms with Crippen LogP contribution in [0.1, 0.15) is 58.7 Å². The Morgan fingerprint density at radius 1 is 1.10 bits per heavy atom. The number of amides is 3. The van der Waals surface area contributed by atoms with Crippen molar-refractivity contribution in [1.29, 1.82) is 0 Å². The third kappa shape index (κ3) is 16.0. The fourth-order valence-electron chi connectivity index (χ4n) is 4.77. The van der Waals surface area contributed by atoms with Gasteiger partial charge in [-0.2, -0.15) is 5.10 Å². The average molecular weight is 762 g/mol. The van der Waals surface area contributed by atoms with Crippen LogP contribution in [0.4, 0.5) is 0 Å². The second-order valence-corrected chi connectivity index (χ2v) is 14.4. The van der Waals surface area contributed by atoms with Crippen LogP contribution in [-0.4, -0.2) is 87.9 Å². The molecule has 15 heteroatoms.